The van der Waals surface area contributed by atoms with Gasteiger partial charge < -0.3 is 9.73 Å². The van der Waals surface area contributed by atoms with Gasteiger partial charge in [0.2, 0.25) is 0 Å². The molecule has 2 unspecified atom stereocenters. The van der Waals surface area contributed by atoms with Crippen molar-refractivity contribution in [3.63, 3.8) is 0 Å². The third-order valence-corrected chi connectivity index (χ3v) is 3.53. The molecule has 0 aliphatic heterocycles. The largest absolute Gasteiger partial charge is 0.458 e. The summed E-state index contributed by atoms with van der Waals surface area (Å²) in [5.41, 5.74) is 0.370. The molecule has 1 heterocycles. The van der Waals surface area contributed by atoms with Crippen molar-refractivity contribution >= 4 is 11.0 Å². The van der Waals surface area contributed by atoms with Gasteiger partial charge in [-0.05, 0) is 31.1 Å². The smallest absolute Gasteiger partial charge is 0.169 e. The first-order valence-corrected chi connectivity index (χ1v) is 6.52. The van der Waals surface area contributed by atoms with Crippen LogP contribution in [0.2, 0.25) is 0 Å². The van der Waals surface area contributed by atoms with E-state index < -0.39 is 0 Å². The summed E-state index contributed by atoms with van der Waals surface area (Å²) in [5.74, 6) is 1.30. The first-order valence-electron chi connectivity index (χ1n) is 6.52. The fraction of sp³-hybridized carbons (Fsp3) is 0.467. The molecule has 2 atom stereocenters. The van der Waals surface area contributed by atoms with E-state index in [-0.39, 0.29) is 11.7 Å². The average Bonchev–Trinajstić information content (AvgIpc) is 2.80. The van der Waals surface area contributed by atoms with Crippen molar-refractivity contribution in [2.45, 2.75) is 26.7 Å². The van der Waals surface area contributed by atoms with Crippen molar-refractivity contribution in [1.82, 2.24) is 5.32 Å². The van der Waals surface area contributed by atoms with Crippen molar-refractivity contribution in [2.75, 3.05) is 13.1 Å². The first-order chi connectivity index (χ1) is 8.63. The van der Waals surface area contributed by atoms with E-state index in [9.17, 15) is 4.39 Å². The van der Waals surface area contributed by atoms with Crippen LogP contribution in [0.25, 0.3) is 11.0 Å². The molecule has 0 amide bonds. The normalized spacial score (nSPS) is 14.9. The number of hydrogen-bond donors (Lipinski definition) is 1. The Kier molecular flexibility index (Phi) is 4.02. The molecule has 98 valence electrons. The number of halogens is 1. The Hall–Kier alpha value is -1.35. The van der Waals surface area contributed by atoms with E-state index in [0.717, 1.165) is 24.2 Å². The van der Waals surface area contributed by atoms with Gasteiger partial charge in [-0.2, -0.15) is 0 Å². The molecule has 3 heteroatoms. The summed E-state index contributed by atoms with van der Waals surface area (Å²) < 4.78 is 19.2. The zero-order valence-electron chi connectivity index (χ0n) is 11.2. The minimum Gasteiger partial charge on any atom is -0.458 e. The van der Waals surface area contributed by atoms with Crippen molar-refractivity contribution in [3.05, 3.63) is 35.8 Å². The minimum atomic E-state index is -0.287. The Morgan fingerprint density at radius 2 is 2.11 bits per heavy atom. The standard InChI is InChI=1S/C15H20FNO/c1-4-17-9-10(2)11(3)14-8-12-6-5-7-13(16)15(12)18-14/h5-8,10-11,17H,4,9H2,1-3H3. The van der Waals surface area contributed by atoms with Crippen LogP contribution in [0.1, 0.15) is 32.4 Å². The van der Waals surface area contributed by atoms with Crippen LogP contribution < -0.4 is 5.32 Å². The molecule has 0 aliphatic carbocycles. The van der Waals surface area contributed by atoms with Gasteiger partial charge in [-0.3, -0.25) is 0 Å². The summed E-state index contributed by atoms with van der Waals surface area (Å²) in [7, 11) is 0. The number of para-hydroxylation sites is 1. The summed E-state index contributed by atoms with van der Waals surface area (Å²) in [4.78, 5) is 0. The lowest BCUT2D eigenvalue weighted by Crippen LogP contribution is -2.23. The quantitative estimate of drug-likeness (QED) is 0.868. The molecule has 0 saturated heterocycles. The molecule has 0 saturated carbocycles. The number of furan rings is 1. The second kappa shape index (κ2) is 5.53. The van der Waals surface area contributed by atoms with Gasteiger partial charge in [0.1, 0.15) is 5.76 Å². The summed E-state index contributed by atoms with van der Waals surface area (Å²) in [6, 6.07) is 6.98. The molecule has 2 aromatic rings. The number of fused-ring (bicyclic) bond motifs is 1. The van der Waals surface area contributed by atoms with E-state index in [4.69, 9.17) is 4.42 Å². The van der Waals surface area contributed by atoms with Gasteiger partial charge in [0, 0.05) is 11.3 Å². The zero-order valence-corrected chi connectivity index (χ0v) is 11.2. The van der Waals surface area contributed by atoms with Gasteiger partial charge in [-0.15, -0.1) is 0 Å². The van der Waals surface area contributed by atoms with Crippen LogP contribution in [0.15, 0.2) is 28.7 Å². The van der Waals surface area contributed by atoms with E-state index >= 15 is 0 Å². The molecule has 1 aromatic heterocycles. The monoisotopic (exact) mass is 249 g/mol. The Morgan fingerprint density at radius 3 is 2.78 bits per heavy atom. The molecular weight excluding hydrogens is 229 g/mol. The number of benzene rings is 1. The summed E-state index contributed by atoms with van der Waals surface area (Å²) >= 11 is 0. The molecule has 0 fully saturated rings. The molecule has 18 heavy (non-hydrogen) atoms. The molecule has 2 rings (SSSR count). The fourth-order valence-corrected chi connectivity index (χ4v) is 2.10. The molecular formula is C15H20FNO. The third kappa shape index (κ3) is 2.56. The van der Waals surface area contributed by atoms with Gasteiger partial charge in [-0.25, -0.2) is 4.39 Å². The number of hydrogen-bond acceptors (Lipinski definition) is 2. The van der Waals surface area contributed by atoms with E-state index in [1.807, 2.05) is 12.1 Å². The predicted molar refractivity (Wildman–Crippen MR) is 72.3 cm³/mol. The van der Waals surface area contributed by atoms with Crippen molar-refractivity contribution in [1.29, 1.82) is 0 Å². The van der Waals surface area contributed by atoms with Crippen molar-refractivity contribution < 1.29 is 8.81 Å². The van der Waals surface area contributed by atoms with Crippen molar-refractivity contribution in [3.8, 4) is 0 Å². The van der Waals surface area contributed by atoms with Crippen LogP contribution in [0.4, 0.5) is 4.39 Å². The van der Waals surface area contributed by atoms with Crippen LogP contribution in [-0.2, 0) is 0 Å². The molecule has 1 N–H and O–H groups in total. The Balaban J connectivity index is 2.22. The molecule has 0 spiro atoms. The molecule has 0 bridgehead atoms. The molecule has 1 aromatic carbocycles. The highest BCUT2D eigenvalue weighted by Gasteiger charge is 2.19. The minimum absolute atomic E-state index is 0.274. The summed E-state index contributed by atoms with van der Waals surface area (Å²) in [5, 5.41) is 4.17. The lowest BCUT2D eigenvalue weighted by molar-refractivity contribution is 0.390. The lowest BCUT2D eigenvalue weighted by atomic mass is 9.93. The van der Waals surface area contributed by atoms with E-state index in [0.29, 0.717) is 11.5 Å². The van der Waals surface area contributed by atoms with Crippen LogP contribution in [0, 0.1) is 11.7 Å². The first kappa shape index (κ1) is 13.1. The predicted octanol–water partition coefficient (Wildman–Crippen LogP) is 3.92. The molecule has 2 nitrogen and oxygen atoms in total. The Bertz CT molecular complexity index is 520. The summed E-state index contributed by atoms with van der Waals surface area (Å²) in [6.07, 6.45) is 0. The van der Waals surface area contributed by atoms with Gasteiger partial charge >= 0.3 is 0 Å². The maximum Gasteiger partial charge on any atom is 0.169 e. The SMILES string of the molecule is CCNCC(C)C(C)c1cc2cccc(F)c2o1. The van der Waals surface area contributed by atoms with Crippen LogP contribution in [-0.4, -0.2) is 13.1 Å². The van der Waals surface area contributed by atoms with Crippen LogP contribution in [0.5, 0.6) is 0 Å². The highest BCUT2D eigenvalue weighted by atomic mass is 19.1. The fourth-order valence-electron chi connectivity index (χ4n) is 2.10. The van der Waals surface area contributed by atoms with Crippen molar-refractivity contribution in [2.24, 2.45) is 5.92 Å². The zero-order chi connectivity index (χ0) is 13.1. The van der Waals surface area contributed by atoms with Gasteiger partial charge in [0.15, 0.2) is 11.4 Å². The van der Waals surface area contributed by atoms with Gasteiger partial charge in [0.05, 0.1) is 0 Å². The molecule has 0 radical (unpaired) electrons. The Labute approximate surface area is 107 Å². The van der Waals surface area contributed by atoms with Crippen LogP contribution >= 0.6 is 0 Å². The average molecular weight is 249 g/mol. The maximum absolute atomic E-state index is 13.6. The second-order valence-electron chi connectivity index (χ2n) is 4.88. The summed E-state index contributed by atoms with van der Waals surface area (Å²) in [6.45, 7) is 8.30. The van der Waals surface area contributed by atoms with Gasteiger partial charge in [0.25, 0.3) is 0 Å². The molecule has 0 aliphatic rings. The second-order valence-corrected chi connectivity index (χ2v) is 4.88. The lowest BCUT2D eigenvalue weighted by Gasteiger charge is -2.17. The van der Waals surface area contributed by atoms with E-state index in [2.05, 4.69) is 26.1 Å². The van der Waals surface area contributed by atoms with E-state index in [1.54, 1.807) is 6.07 Å². The highest BCUT2D eigenvalue weighted by molar-refractivity contribution is 5.78. The van der Waals surface area contributed by atoms with Gasteiger partial charge in [-0.1, -0.05) is 32.9 Å². The number of nitrogens with one attached hydrogen (secondary N) is 1. The van der Waals surface area contributed by atoms with Crippen LogP contribution in [0.3, 0.4) is 0 Å². The number of rotatable bonds is 5. The maximum atomic E-state index is 13.6. The topological polar surface area (TPSA) is 25.2 Å². The van der Waals surface area contributed by atoms with E-state index in [1.165, 1.54) is 6.07 Å². The Morgan fingerprint density at radius 1 is 1.33 bits per heavy atom. The highest BCUT2D eigenvalue weighted by Crippen LogP contribution is 2.30. The third-order valence-electron chi connectivity index (χ3n) is 3.53.